The summed E-state index contributed by atoms with van der Waals surface area (Å²) in [4.78, 5) is 56.1. The average Bonchev–Trinajstić information content (AvgIpc) is 2.98. The quantitative estimate of drug-likeness (QED) is 0.299. The van der Waals surface area contributed by atoms with E-state index in [0.29, 0.717) is 11.3 Å². The van der Waals surface area contributed by atoms with Gasteiger partial charge in [-0.15, -0.1) is 0 Å². The summed E-state index contributed by atoms with van der Waals surface area (Å²) >= 11 is 0. The smallest absolute Gasteiger partial charge is 0.452 e. The van der Waals surface area contributed by atoms with Gasteiger partial charge >= 0.3 is 6.18 Å². The fourth-order valence-electron chi connectivity index (χ4n) is 4.08. The van der Waals surface area contributed by atoms with Crippen molar-refractivity contribution < 1.29 is 37.1 Å². The average molecular weight is 585 g/mol. The van der Waals surface area contributed by atoms with Crippen LogP contribution in [0.2, 0.25) is 0 Å². The van der Waals surface area contributed by atoms with E-state index in [1.165, 1.54) is 51.4 Å². The maximum absolute atomic E-state index is 13.6. The summed E-state index contributed by atoms with van der Waals surface area (Å²) in [5.41, 5.74) is 1.10. The third-order valence-electron chi connectivity index (χ3n) is 6.34. The zero-order valence-corrected chi connectivity index (χ0v) is 23.1. The van der Waals surface area contributed by atoms with Gasteiger partial charge in [-0.1, -0.05) is 50.2 Å². The molecule has 0 aliphatic rings. The number of nitrogens with one attached hydrogen (secondary N) is 3. The molecule has 0 aliphatic heterocycles. The number of pyridine rings is 1. The van der Waals surface area contributed by atoms with Gasteiger partial charge < -0.3 is 20.7 Å². The minimum atomic E-state index is -5.18. The number of hydrogen-bond acceptors (Lipinski definition) is 6. The molecule has 0 bridgehead atoms. The molecule has 3 aromatic rings. The molecule has 0 radical (unpaired) electrons. The molecule has 0 saturated carbocycles. The fourth-order valence-corrected chi connectivity index (χ4v) is 4.08. The number of ketones is 1. The first-order valence-corrected chi connectivity index (χ1v) is 13.0. The van der Waals surface area contributed by atoms with Gasteiger partial charge in [-0.25, -0.2) is 0 Å². The van der Waals surface area contributed by atoms with E-state index in [9.17, 15) is 32.3 Å². The third-order valence-corrected chi connectivity index (χ3v) is 6.34. The van der Waals surface area contributed by atoms with Crippen molar-refractivity contribution in [3.8, 4) is 5.75 Å². The van der Waals surface area contributed by atoms with Crippen molar-refractivity contribution in [2.75, 3.05) is 7.11 Å². The number of Topliss-reactive ketones (excluding diaryl/α,β-unsaturated/α-hetero) is 1. The lowest BCUT2D eigenvalue weighted by molar-refractivity contribution is -0.175. The maximum atomic E-state index is 13.6. The number of rotatable bonds is 12. The molecule has 1 heterocycles. The van der Waals surface area contributed by atoms with Crippen LogP contribution in [0.5, 0.6) is 5.75 Å². The Morgan fingerprint density at radius 2 is 1.52 bits per heavy atom. The van der Waals surface area contributed by atoms with Gasteiger partial charge in [0.05, 0.1) is 13.2 Å². The zero-order chi connectivity index (χ0) is 30.9. The predicted molar refractivity (Wildman–Crippen MR) is 147 cm³/mol. The van der Waals surface area contributed by atoms with E-state index < -0.39 is 53.7 Å². The van der Waals surface area contributed by atoms with E-state index in [4.69, 9.17) is 4.74 Å². The number of carbonyl (C=O) groups is 4. The van der Waals surface area contributed by atoms with Crippen LogP contribution in [0, 0.1) is 5.92 Å². The number of halogens is 3. The second-order valence-electron chi connectivity index (χ2n) is 9.76. The summed E-state index contributed by atoms with van der Waals surface area (Å²) in [5.74, 6) is -4.97. The Bertz CT molecular complexity index is 1370. The Labute approximate surface area is 240 Å². The van der Waals surface area contributed by atoms with Crippen molar-refractivity contribution in [3.63, 3.8) is 0 Å². The van der Waals surface area contributed by atoms with E-state index in [1.807, 2.05) is 0 Å². The Hall–Kier alpha value is -4.74. The molecule has 0 saturated heterocycles. The molecular weight excluding hydrogens is 553 g/mol. The van der Waals surface area contributed by atoms with E-state index in [2.05, 4.69) is 20.9 Å². The molecule has 0 unspecified atom stereocenters. The van der Waals surface area contributed by atoms with Crippen molar-refractivity contribution in [2.45, 2.75) is 44.6 Å². The van der Waals surface area contributed by atoms with Crippen LogP contribution in [-0.2, 0) is 20.8 Å². The number of methoxy groups -OCH3 is 1. The van der Waals surface area contributed by atoms with E-state index >= 15 is 0 Å². The Morgan fingerprint density at radius 1 is 0.857 bits per heavy atom. The SMILES string of the molecule is COc1ccc([C@H](NC(=O)[C@H](Cc2cccnc2)NC(=O)c2ccccc2)C(=O)N[C@H](C(=O)C(F)(F)F)C(C)C)cc1. The summed E-state index contributed by atoms with van der Waals surface area (Å²) in [6, 6.07) is 12.8. The first kappa shape index (κ1) is 31.8. The Kier molecular flexibility index (Phi) is 10.8. The van der Waals surface area contributed by atoms with Crippen molar-refractivity contribution in [1.82, 2.24) is 20.9 Å². The number of aromatic nitrogens is 1. The van der Waals surface area contributed by atoms with Gasteiger partial charge in [-0.3, -0.25) is 24.2 Å². The molecule has 9 nitrogen and oxygen atoms in total. The van der Waals surface area contributed by atoms with Crippen LogP contribution in [0.3, 0.4) is 0 Å². The van der Waals surface area contributed by atoms with Crippen molar-refractivity contribution in [3.05, 3.63) is 95.8 Å². The molecule has 12 heteroatoms. The van der Waals surface area contributed by atoms with Crippen LogP contribution in [-0.4, -0.2) is 53.9 Å². The maximum Gasteiger partial charge on any atom is 0.452 e. The van der Waals surface area contributed by atoms with Crippen molar-refractivity contribution >= 4 is 23.5 Å². The van der Waals surface area contributed by atoms with Gasteiger partial charge in [0, 0.05) is 24.4 Å². The van der Waals surface area contributed by atoms with Gasteiger partial charge in [-0.05, 0) is 47.4 Å². The molecule has 3 rings (SSSR count). The number of ether oxygens (including phenoxy) is 1. The minimum Gasteiger partial charge on any atom is -0.497 e. The van der Waals surface area contributed by atoms with Crippen LogP contribution in [0.1, 0.15) is 41.4 Å². The van der Waals surface area contributed by atoms with Crippen molar-refractivity contribution in [2.24, 2.45) is 5.92 Å². The van der Waals surface area contributed by atoms with E-state index in [0.717, 1.165) is 0 Å². The Balaban J connectivity index is 1.94. The molecule has 222 valence electrons. The number of hydrogen-bond donors (Lipinski definition) is 3. The van der Waals surface area contributed by atoms with Crippen LogP contribution in [0.4, 0.5) is 13.2 Å². The molecule has 0 spiro atoms. The summed E-state index contributed by atoms with van der Waals surface area (Å²) in [5, 5.41) is 7.37. The Morgan fingerprint density at radius 3 is 2.07 bits per heavy atom. The topological polar surface area (TPSA) is 126 Å². The molecule has 1 aromatic heterocycles. The first-order chi connectivity index (χ1) is 19.9. The van der Waals surface area contributed by atoms with Crippen LogP contribution in [0.25, 0.3) is 0 Å². The zero-order valence-electron chi connectivity index (χ0n) is 23.1. The molecule has 3 N–H and O–H groups in total. The standard InChI is InChI=1S/C30H31F3N4O5/c1-18(2)24(26(38)30(31,32)33)36-29(41)25(20-11-13-22(42-3)14-12-20)37-28(40)23(16-19-8-7-15-34-17-19)35-27(39)21-9-5-4-6-10-21/h4-15,17-18,23-25H,16H2,1-3H3,(H,35,39)(H,36,41)(H,37,40)/t23-,24-,25-/m0/s1. The summed E-state index contributed by atoms with van der Waals surface area (Å²) < 4.78 is 45.0. The third kappa shape index (κ3) is 8.63. The molecule has 3 atom stereocenters. The van der Waals surface area contributed by atoms with Crippen molar-refractivity contribution in [1.29, 1.82) is 0 Å². The number of carbonyl (C=O) groups excluding carboxylic acids is 4. The van der Waals surface area contributed by atoms with E-state index in [-0.39, 0.29) is 17.5 Å². The van der Waals surface area contributed by atoms with Crippen LogP contribution >= 0.6 is 0 Å². The van der Waals surface area contributed by atoms with Gasteiger partial charge in [0.15, 0.2) is 0 Å². The summed E-state index contributed by atoms with van der Waals surface area (Å²) in [7, 11) is 1.43. The van der Waals surface area contributed by atoms with Crippen LogP contribution < -0.4 is 20.7 Å². The second-order valence-corrected chi connectivity index (χ2v) is 9.76. The van der Waals surface area contributed by atoms with Gasteiger partial charge in [0.1, 0.15) is 17.8 Å². The lowest BCUT2D eigenvalue weighted by atomic mass is 9.97. The van der Waals surface area contributed by atoms with Gasteiger partial charge in [0.2, 0.25) is 11.8 Å². The summed E-state index contributed by atoms with van der Waals surface area (Å²) in [6.45, 7) is 2.72. The monoisotopic (exact) mass is 584 g/mol. The highest BCUT2D eigenvalue weighted by Gasteiger charge is 2.45. The lowest BCUT2D eigenvalue weighted by Crippen LogP contribution is -2.55. The fraction of sp³-hybridized carbons (Fsp3) is 0.300. The molecule has 42 heavy (non-hydrogen) atoms. The second kappa shape index (κ2) is 14.2. The van der Waals surface area contributed by atoms with Gasteiger partial charge in [0.25, 0.3) is 11.7 Å². The lowest BCUT2D eigenvalue weighted by Gasteiger charge is -2.27. The molecule has 3 amide bonds. The molecule has 0 aliphatic carbocycles. The van der Waals surface area contributed by atoms with Crippen LogP contribution in [0.15, 0.2) is 79.1 Å². The molecular formula is C30H31F3N4O5. The largest absolute Gasteiger partial charge is 0.497 e. The number of nitrogens with zero attached hydrogens (tertiary/aromatic N) is 1. The number of alkyl halides is 3. The van der Waals surface area contributed by atoms with E-state index in [1.54, 1.807) is 48.7 Å². The highest BCUT2D eigenvalue weighted by atomic mass is 19.4. The summed E-state index contributed by atoms with van der Waals surface area (Å²) in [6.07, 6.45) is -2.13. The molecule has 2 aromatic carbocycles. The predicted octanol–water partition coefficient (Wildman–Crippen LogP) is 3.56. The first-order valence-electron chi connectivity index (χ1n) is 13.0. The molecule has 0 fully saturated rings. The minimum absolute atomic E-state index is 0.00359. The van der Waals surface area contributed by atoms with Gasteiger partial charge in [-0.2, -0.15) is 13.2 Å². The number of amides is 3. The highest BCUT2D eigenvalue weighted by molar-refractivity contribution is 5.99. The highest BCUT2D eigenvalue weighted by Crippen LogP contribution is 2.23. The normalized spacial score (nSPS) is 13.4. The number of benzene rings is 2.